The fourth-order valence-corrected chi connectivity index (χ4v) is 3.20. The van der Waals surface area contributed by atoms with Gasteiger partial charge in [-0.3, -0.25) is 25.8 Å². The number of aromatic nitrogens is 2. The summed E-state index contributed by atoms with van der Waals surface area (Å²) >= 11 is 15.2. The van der Waals surface area contributed by atoms with E-state index in [1.165, 1.54) is 6.07 Å². The summed E-state index contributed by atoms with van der Waals surface area (Å²) in [6, 6.07) is 11.3. The number of amides is 1. The van der Waals surface area contributed by atoms with Gasteiger partial charge in [-0.05, 0) is 46.3 Å². The maximum Gasteiger partial charge on any atom is 0.355 e. The Balaban J connectivity index is 1.86. The van der Waals surface area contributed by atoms with Gasteiger partial charge in [-0.15, -0.1) is 0 Å². The van der Waals surface area contributed by atoms with Crippen LogP contribution in [0.3, 0.4) is 0 Å². The summed E-state index contributed by atoms with van der Waals surface area (Å²) in [4.78, 5) is 31.0. The molecule has 0 aliphatic rings. The first-order valence-electron chi connectivity index (χ1n) is 7.89. The molecule has 0 spiro atoms. The number of hydrazine groups is 1. The van der Waals surface area contributed by atoms with Crippen molar-refractivity contribution in [3.05, 3.63) is 79.0 Å². The highest BCUT2D eigenvalue weighted by Crippen LogP contribution is 2.34. The molecule has 12 heteroatoms. The molecule has 0 saturated heterocycles. The molecule has 0 fully saturated rings. The van der Waals surface area contributed by atoms with Crippen molar-refractivity contribution in [1.29, 1.82) is 0 Å². The van der Waals surface area contributed by atoms with Crippen LogP contribution in [0.25, 0.3) is 0 Å². The van der Waals surface area contributed by atoms with Gasteiger partial charge in [-0.1, -0.05) is 35.3 Å². The van der Waals surface area contributed by atoms with E-state index in [-0.39, 0.29) is 16.7 Å². The van der Waals surface area contributed by atoms with Crippen LogP contribution in [0, 0.1) is 10.1 Å². The quantitative estimate of drug-likeness (QED) is 0.325. The van der Waals surface area contributed by atoms with Gasteiger partial charge in [0.1, 0.15) is 6.33 Å². The lowest BCUT2D eigenvalue weighted by Gasteiger charge is -2.12. The Kier molecular flexibility index (Phi) is 6.47. The van der Waals surface area contributed by atoms with Gasteiger partial charge in [0.25, 0.3) is 5.91 Å². The van der Waals surface area contributed by atoms with Crippen molar-refractivity contribution < 1.29 is 9.72 Å². The highest BCUT2D eigenvalue weighted by atomic mass is 79.9. The number of carbonyl (C=O) groups is 1. The molecule has 0 aliphatic heterocycles. The van der Waals surface area contributed by atoms with Crippen LogP contribution < -0.4 is 16.2 Å². The van der Waals surface area contributed by atoms with Gasteiger partial charge in [0.2, 0.25) is 11.6 Å². The number of nitrogens with one attached hydrogen (secondary N) is 3. The van der Waals surface area contributed by atoms with E-state index in [4.69, 9.17) is 23.2 Å². The zero-order valence-electron chi connectivity index (χ0n) is 14.3. The number of hydrogen-bond acceptors (Lipinski definition) is 7. The van der Waals surface area contributed by atoms with Crippen LogP contribution >= 0.6 is 39.1 Å². The number of benzene rings is 2. The summed E-state index contributed by atoms with van der Waals surface area (Å²) in [6.45, 7) is 0. The second-order valence-corrected chi connectivity index (χ2v) is 7.18. The van der Waals surface area contributed by atoms with Crippen LogP contribution in [0.2, 0.25) is 10.0 Å². The van der Waals surface area contributed by atoms with E-state index in [1.54, 1.807) is 36.4 Å². The van der Waals surface area contributed by atoms with E-state index in [2.05, 4.69) is 42.1 Å². The van der Waals surface area contributed by atoms with Crippen molar-refractivity contribution in [2.24, 2.45) is 0 Å². The number of hydrogen-bond donors (Lipinski definition) is 3. The maximum atomic E-state index is 12.3. The first-order chi connectivity index (χ1) is 13.9. The lowest BCUT2D eigenvalue weighted by atomic mass is 10.2. The fraction of sp³-hybridized carbons (Fsp3) is 0. The van der Waals surface area contributed by atoms with Crippen LogP contribution in [0.15, 0.2) is 53.3 Å². The van der Waals surface area contributed by atoms with Crippen molar-refractivity contribution in [3.63, 3.8) is 0 Å². The van der Waals surface area contributed by atoms with Crippen LogP contribution in [0.1, 0.15) is 10.4 Å². The number of nitro groups is 1. The van der Waals surface area contributed by atoms with Gasteiger partial charge < -0.3 is 5.32 Å². The zero-order chi connectivity index (χ0) is 21.0. The second-order valence-electron chi connectivity index (χ2n) is 5.48. The summed E-state index contributed by atoms with van der Waals surface area (Å²) in [5, 5.41) is 15.1. The largest absolute Gasteiger partial charge is 0.355 e. The van der Waals surface area contributed by atoms with Crippen LogP contribution in [-0.2, 0) is 0 Å². The molecule has 0 unspecified atom stereocenters. The van der Waals surface area contributed by atoms with Gasteiger partial charge in [0.05, 0.1) is 21.2 Å². The first-order valence-corrected chi connectivity index (χ1v) is 9.44. The second kappa shape index (κ2) is 9.03. The molecule has 148 valence electrons. The van der Waals surface area contributed by atoms with E-state index >= 15 is 0 Å². The molecule has 9 nitrogen and oxygen atoms in total. The smallest absolute Gasteiger partial charge is 0.333 e. The first kappa shape index (κ1) is 20.8. The molecule has 1 amide bonds. The number of carbonyl (C=O) groups excluding carboxylic acids is 1. The molecular weight excluding hydrogens is 487 g/mol. The van der Waals surface area contributed by atoms with E-state index in [1.807, 2.05) is 0 Å². The minimum absolute atomic E-state index is 0.119. The molecule has 0 atom stereocenters. The Morgan fingerprint density at radius 1 is 1.10 bits per heavy atom. The van der Waals surface area contributed by atoms with Crippen LogP contribution in [0.4, 0.5) is 23.0 Å². The molecule has 3 rings (SSSR count). The van der Waals surface area contributed by atoms with Crippen molar-refractivity contribution in [1.82, 2.24) is 15.4 Å². The molecule has 3 N–H and O–H groups in total. The third-order valence-electron chi connectivity index (χ3n) is 3.60. The Morgan fingerprint density at radius 3 is 2.52 bits per heavy atom. The van der Waals surface area contributed by atoms with Crippen LogP contribution in [0.5, 0.6) is 0 Å². The molecule has 0 bridgehead atoms. The monoisotopic (exact) mass is 496 g/mol. The Morgan fingerprint density at radius 2 is 1.83 bits per heavy atom. The van der Waals surface area contributed by atoms with Crippen molar-refractivity contribution in [2.45, 2.75) is 0 Å². The molecular formula is C17H11BrCl2N6O3. The number of nitrogens with zero attached hydrogens (tertiary/aromatic N) is 3. The number of rotatable bonds is 6. The lowest BCUT2D eigenvalue weighted by molar-refractivity contribution is -0.383. The van der Waals surface area contributed by atoms with Crippen molar-refractivity contribution >= 4 is 68.0 Å². The van der Waals surface area contributed by atoms with Crippen LogP contribution in [-0.4, -0.2) is 20.8 Å². The maximum absolute atomic E-state index is 12.3. The average Bonchev–Trinajstić information content (AvgIpc) is 2.68. The van der Waals surface area contributed by atoms with E-state index in [0.717, 1.165) is 6.33 Å². The highest BCUT2D eigenvalue weighted by Gasteiger charge is 2.24. The van der Waals surface area contributed by atoms with Gasteiger partial charge in [-0.2, -0.15) is 0 Å². The molecule has 1 heterocycles. The summed E-state index contributed by atoms with van der Waals surface area (Å²) in [5.74, 6) is -0.842. The van der Waals surface area contributed by atoms with E-state index in [0.29, 0.717) is 20.7 Å². The summed E-state index contributed by atoms with van der Waals surface area (Å²) in [7, 11) is 0. The fourth-order valence-electron chi connectivity index (χ4n) is 2.28. The predicted octanol–water partition coefficient (Wildman–Crippen LogP) is 4.95. The zero-order valence-corrected chi connectivity index (χ0v) is 17.4. The molecule has 2 aromatic carbocycles. The lowest BCUT2D eigenvalue weighted by Crippen LogP contribution is -2.30. The SMILES string of the molecule is O=C(NNc1ncnc(Nc2ccc(Cl)cc2Cl)c1[N+](=O)[O-])c1ccccc1Br. The van der Waals surface area contributed by atoms with Gasteiger partial charge in [0.15, 0.2) is 0 Å². The minimum Gasteiger partial charge on any atom is -0.333 e. The van der Waals surface area contributed by atoms with E-state index < -0.39 is 16.5 Å². The third-order valence-corrected chi connectivity index (χ3v) is 4.84. The van der Waals surface area contributed by atoms with Crippen molar-refractivity contribution in [2.75, 3.05) is 10.7 Å². The normalized spacial score (nSPS) is 10.3. The number of halogens is 3. The Bertz CT molecular complexity index is 1100. The number of anilines is 3. The Hall–Kier alpha value is -2.95. The highest BCUT2D eigenvalue weighted by molar-refractivity contribution is 9.10. The van der Waals surface area contributed by atoms with Gasteiger partial charge in [0, 0.05) is 9.50 Å². The molecule has 0 aliphatic carbocycles. The molecule has 0 saturated carbocycles. The standard InChI is InChI=1S/C17H11BrCl2N6O3/c18-11-4-2-1-3-10(11)17(27)25-24-16-14(26(28)29)15(21-8-22-16)23-13-6-5-9(19)7-12(13)20/h1-8H,(H,25,27)(H2,21,22,23,24). The molecule has 3 aromatic rings. The van der Waals surface area contributed by atoms with E-state index in [9.17, 15) is 14.9 Å². The Labute approximate surface area is 182 Å². The van der Waals surface area contributed by atoms with Gasteiger partial charge in [-0.25, -0.2) is 9.97 Å². The third kappa shape index (κ3) is 4.91. The minimum atomic E-state index is -0.681. The average molecular weight is 498 g/mol. The summed E-state index contributed by atoms with van der Waals surface area (Å²) in [5.41, 5.74) is 5.06. The molecule has 29 heavy (non-hydrogen) atoms. The van der Waals surface area contributed by atoms with Crippen molar-refractivity contribution in [3.8, 4) is 0 Å². The molecule has 1 aromatic heterocycles. The summed E-state index contributed by atoms with van der Waals surface area (Å²) < 4.78 is 0.566. The molecule has 0 radical (unpaired) electrons. The summed E-state index contributed by atoms with van der Waals surface area (Å²) in [6.07, 6.45) is 1.10. The topological polar surface area (TPSA) is 122 Å². The van der Waals surface area contributed by atoms with Gasteiger partial charge >= 0.3 is 5.69 Å². The predicted molar refractivity (Wildman–Crippen MR) is 114 cm³/mol.